The highest BCUT2D eigenvalue weighted by Crippen LogP contribution is 2.35. The van der Waals surface area contributed by atoms with E-state index in [-0.39, 0.29) is 24.1 Å². The molecule has 30 heavy (non-hydrogen) atoms. The second-order valence-electron chi connectivity index (χ2n) is 7.35. The van der Waals surface area contributed by atoms with E-state index in [1.54, 1.807) is 24.5 Å². The predicted octanol–water partition coefficient (Wildman–Crippen LogP) is 5.10. The molecule has 2 heterocycles. The molecule has 0 fully saturated rings. The first-order valence-corrected chi connectivity index (χ1v) is 10.2. The van der Waals surface area contributed by atoms with Crippen molar-refractivity contribution in [2.24, 2.45) is 0 Å². The molecule has 2 N–H and O–H groups in total. The molecule has 0 spiro atoms. The van der Waals surface area contributed by atoms with E-state index in [1.165, 1.54) is 11.6 Å². The highest BCUT2D eigenvalue weighted by atomic mass is 19.1. The van der Waals surface area contributed by atoms with Gasteiger partial charge in [0.2, 0.25) is 5.91 Å². The molecular weight excluding hydrogens is 377 g/mol. The third-order valence-corrected chi connectivity index (χ3v) is 5.50. The number of benzene rings is 2. The van der Waals surface area contributed by atoms with Crippen LogP contribution in [0.5, 0.6) is 0 Å². The van der Waals surface area contributed by atoms with Gasteiger partial charge in [0.1, 0.15) is 5.82 Å². The van der Waals surface area contributed by atoms with Crippen LogP contribution in [0.4, 0.5) is 4.39 Å². The van der Waals surface area contributed by atoms with Gasteiger partial charge in [0.05, 0.1) is 0 Å². The lowest BCUT2D eigenvalue weighted by Crippen LogP contribution is -2.25. The molecule has 0 radical (unpaired) electrons. The minimum atomic E-state index is -0.385. The topological polar surface area (TPSA) is 57.8 Å². The van der Waals surface area contributed by atoms with Crippen molar-refractivity contribution in [3.05, 3.63) is 101 Å². The average molecular weight is 401 g/mol. The molecule has 152 valence electrons. The number of nitrogens with zero attached hydrogens (tertiary/aromatic N) is 1. The third kappa shape index (κ3) is 4.10. The number of amides is 1. The number of rotatable bonds is 7. The molecule has 0 saturated carbocycles. The maximum absolute atomic E-state index is 14.7. The Labute approximate surface area is 175 Å². The van der Waals surface area contributed by atoms with Gasteiger partial charge in [-0.3, -0.25) is 9.78 Å². The Kier molecular flexibility index (Phi) is 5.89. The highest BCUT2D eigenvalue weighted by molar-refractivity contribution is 5.88. The molecule has 4 rings (SSSR count). The van der Waals surface area contributed by atoms with Crippen molar-refractivity contribution in [2.45, 2.75) is 32.2 Å². The van der Waals surface area contributed by atoms with Crippen LogP contribution in [-0.2, 0) is 17.8 Å². The van der Waals surface area contributed by atoms with Crippen LogP contribution in [0.25, 0.3) is 10.9 Å². The van der Waals surface area contributed by atoms with Crippen molar-refractivity contribution < 1.29 is 9.18 Å². The van der Waals surface area contributed by atoms with Crippen LogP contribution >= 0.6 is 0 Å². The number of halogens is 1. The largest absolute Gasteiger partial charge is 0.361 e. The summed E-state index contributed by atoms with van der Waals surface area (Å²) in [4.78, 5) is 20.1. The number of aromatic amines is 1. The molecule has 0 bridgehead atoms. The maximum Gasteiger partial charge on any atom is 0.221 e. The summed E-state index contributed by atoms with van der Waals surface area (Å²) in [6.45, 7) is 2.52. The number of fused-ring (bicyclic) bond motifs is 1. The molecule has 0 aliphatic heterocycles. The summed E-state index contributed by atoms with van der Waals surface area (Å²) in [5.74, 6) is -0.809. The van der Waals surface area contributed by atoms with Crippen LogP contribution in [0.2, 0.25) is 0 Å². The fourth-order valence-corrected chi connectivity index (χ4v) is 3.93. The summed E-state index contributed by atoms with van der Waals surface area (Å²) < 4.78 is 14.7. The molecule has 2 aromatic carbocycles. The quantitative estimate of drug-likeness (QED) is 0.452. The van der Waals surface area contributed by atoms with E-state index in [4.69, 9.17) is 0 Å². The van der Waals surface area contributed by atoms with E-state index >= 15 is 0 Å². The summed E-state index contributed by atoms with van der Waals surface area (Å²) in [6.07, 6.45) is 6.36. The number of H-pyrrole nitrogens is 1. The number of hydrogen-bond donors (Lipinski definition) is 2. The van der Waals surface area contributed by atoms with Crippen molar-refractivity contribution in [3.8, 4) is 0 Å². The Balaban J connectivity index is 1.66. The van der Waals surface area contributed by atoms with Crippen LogP contribution in [0.15, 0.2) is 73.2 Å². The van der Waals surface area contributed by atoms with Crippen LogP contribution < -0.4 is 5.32 Å². The molecule has 2 aromatic heterocycles. The Morgan fingerprint density at radius 3 is 2.63 bits per heavy atom. The second-order valence-corrected chi connectivity index (χ2v) is 7.35. The first kappa shape index (κ1) is 19.8. The summed E-state index contributed by atoms with van der Waals surface area (Å²) in [7, 11) is 0. The molecule has 4 aromatic rings. The monoisotopic (exact) mass is 401 g/mol. The number of aromatic nitrogens is 2. The number of para-hydroxylation sites is 1. The minimum Gasteiger partial charge on any atom is -0.361 e. The summed E-state index contributed by atoms with van der Waals surface area (Å²) in [6, 6.07) is 16.5. The summed E-state index contributed by atoms with van der Waals surface area (Å²) >= 11 is 0. The molecule has 1 amide bonds. The van der Waals surface area contributed by atoms with E-state index in [0.29, 0.717) is 12.1 Å². The number of nitrogens with one attached hydrogen (secondary N) is 2. The zero-order chi connectivity index (χ0) is 20.9. The van der Waals surface area contributed by atoms with Gasteiger partial charge in [0.25, 0.3) is 0 Å². The lowest BCUT2D eigenvalue weighted by atomic mass is 9.87. The number of aryl methyl sites for hydroxylation is 1. The Morgan fingerprint density at radius 1 is 1.07 bits per heavy atom. The molecule has 0 saturated heterocycles. The molecule has 5 heteroatoms. The van der Waals surface area contributed by atoms with Crippen LogP contribution in [0.3, 0.4) is 0 Å². The van der Waals surface area contributed by atoms with Gasteiger partial charge < -0.3 is 10.3 Å². The van der Waals surface area contributed by atoms with E-state index in [9.17, 15) is 9.18 Å². The van der Waals surface area contributed by atoms with E-state index < -0.39 is 0 Å². The molecule has 1 atom stereocenters. The summed E-state index contributed by atoms with van der Waals surface area (Å²) in [5.41, 5.74) is 4.69. The van der Waals surface area contributed by atoms with Gasteiger partial charge in [0, 0.05) is 48.4 Å². The van der Waals surface area contributed by atoms with E-state index in [2.05, 4.69) is 28.3 Å². The first-order valence-electron chi connectivity index (χ1n) is 10.2. The number of carbonyl (C=O) groups excluding carboxylic acids is 1. The number of pyridine rings is 1. The molecule has 0 aliphatic carbocycles. The smallest absolute Gasteiger partial charge is 0.221 e. The van der Waals surface area contributed by atoms with Crippen molar-refractivity contribution in [2.75, 3.05) is 0 Å². The zero-order valence-electron chi connectivity index (χ0n) is 16.9. The Bertz CT molecular complexity index is 1150. The molecule has 0 aliphatic rings. The molecule has 0 unspecified atom stereocenters. The van der Waals surface area contributed by atoms with Crippen molar-refractivity contribution in [1.82, 2.24) is 15.3 Å². The highest BCUT2D eigenvalue weighted by Gasteiger charge is 2.24. The minimum absolute atomic E-state index is 0.124. The standard InChI is InChI=1S/C25H24FN3O/c1-2-18-6-5-8-20-22(16-29-25(18)20)21(19-7-3-4-9-23(19)26)14-24(30)28-15-17-10-12-27-13-11-17/h3-13,16,21,29H,2,14-15H2,1H3,(H,28,30)/t21-/m1/s1. The fourth-order valence-electron chi connectivity index (χ4n) is 3.93. The Hall–Kier alpha value is -3.47. The molecular formula is C25H24FN3O. The normalized spacial score (nSPS) is 12.1. The van der Waals surface area contributed by atoms with Crippen molar-refractivity contribution >= 4 is 16.8 Å². The van der Waals surface area contributed by atoms with Gasteiger partial charge in [-0.1, -0.05) is 43.3 Å². The van der Waals surface area contributed by atoms with Crippen LogP contribution in [-0.4, -0.2) is 15.9 Å². The van der Waals surface area contributed by atoms with Gasteiger partial charge in [-0.05, 0) is 46.9 Å². The van der Waals surface area contributed by atoms with Gasteiger partial charge >= 0.3 is 0 Å². The van der Waals surface area contributed by atoms with Crippen molar-refractivity contribution in [3.63, 3.8) is 0 Å². The lowest BCUT2D eigenvalue weighted by Gasteiger charge is -2.18. The second kappa shape index (κ2) is 8.91. The van der Waals surface area contributed by atoms with Gasteiger partial charge in [-0.15, -0.1) is 0 Å². The molecule has 4 nitrogen and oxygen atoms in total. The lowest BCUT2D eigenvalue weighted by molar-refractivity contribution is -0.121. The number of hydrogen-bond acceptors (Lipinski definition) is 2. The maximum atomic E-state index is 14.7. The van der Waals surface area contributed by atoms with E-state index in [1.807, 2.05) is 36.5 Å². The first-order chi connectivity index (χ1) is 14.7. The predicted molar refractivity (Wildman–Crippen MR) is 117 cm³/mol. The van der Waals surface area contributed by atoms with Gasteiger partial charge in [-0.25, -0.2) is 4.39 Å². The SMILES string of the molecule is CCc1cccc2c([C@H](CC(=O)NCc3ccncc3)c3ccccc3F)c[nH]c12. The van der Waals surface area contributed by atoms with Gasteiger partial charge in [0.15, 0.2) is 0 Å². The van der Waals surface area contributed by atoms with Gasteiger partial charge in [-0.2, -0.15) is 0 Å². The summed E-state index contributed by atoms with van der Waals surface area (Å²) in [5, 5.41) is 3.98. The van der Waals surface area contributed by atoms with Crippen molar-refractivity contribution in [1.29, 1.82) is 0 Å². The third-order valence-electron chi connectivity index (χ3n) is 5.50. The Morgan fingerprint density at radius 2 is 1.87 bits per heavy atom. The van der Waals surface area contributed by atoms with Crippen LogP contribution in [0.1, 0.15) is 41.5 Å². The fraction of sp³-hybridized carbons (Fsp3) is 0.200. The van der Waals surface area contributed by atoms with Crippen LogP contribution in [0, 0.1) is 5.82 Å². The average Bonchev–Trinajstić information content (AvgIpc) is 3.21. The zero-order valence-corrected chi connectivity index (χ0v) is 16.9. The van der Waals surface area contributed by atoms with E-state index in [0.717, 1.165) is 28.5 Å². The number of carbonyl (C=O) groups is 1.